The molecule has 4 radical (unpaired) electrons. The van der Waals surface area contributed by atoms with Crippen LogP contribution >= 0.6 is 0 Å². The summed E-state index contributed by atoms with van der Waals surface area (Å²) in [5.41, 5.74) is 0. The summed E-state index contributed by atoms with van der Waals surface area (Å²) in [6, 6.07) is 0. The second-order valence-electron chi connectivity index (χ2n) is 0.0583. The molecule has 0 aliphatic heterocycles. The SMILES string of the molecule is FOF.[Al].[Mn]. The summed E-state index contributed by atoms with van der Waals surface area (Å²) in [7, 11) is 0. The van der Waals surface area contributed by atoms with Gasteiger partial charge in [0.25, 0.3) is 0 Å². The first-order valence-corrected chi connectivity index (χ1v) is 0.309. The zero-order valence-corrected chi connectivity index (χ0v) is 4.45. The molecule has 0 saturated carbocycles. The van der Waals surface area contributed by atoms with Gasteiger partial charge in [0.1, 0.15) is 0 Å². The quantitative estimate of drug-likeness (QED) is 0.437. The zero-order valence-electron chi connectivity index (χ0n) is 2.12. The largest absolute Gasteiger partial charge is 0.0209 e. The molecule has 0 fully saturated rings. The Morgan fingerprint density at radius 2 is 1.20 bits per heavy atom. The summed E-state index contributed by atoms with van der Waals surface area (Å²) in [6.07, 6.45) is 0. The molecule has 30 valence electrons. The first-order valence-electron chi connectivity index (χ1n) is 0.309. The number of rotatable bonds is 0. The Labute approximate surface area is 49.1 Å². The van der Waals surface area contributed by atoms with Gasteiger partial charge in [-0.1, -0.05) is 0 Å². The summed E-state index contributed by atoms with van der Waals surface area (Å²) in [5.74, 6) is 0. The molecule has 0 heterocycles. The third-order valence-corrected chi connectivity index (χ3v) is 0. The fraction of sp³-hybridized carbons (Fsp3) is 0. The average molecular weight is 136 g/mol. The van der Waals surface area contributed by atoms with Gasteiger partial charge in [0, 0.05) is 39.6 Å². The van der Waals surface area contributed by atoms with Gasteiger partial charge >= 0.3 is 0 Å². The van der Waals surface area contributed by atoms with E-state index in [-0.39, 0.29) is 34.4 Å². The summed E-state index contributed by atoms with van der Waals surface area (Å²) < 4.78 is 18.2. The van der Waals surface area contributed by atoms with E-state index in [1.165, 1.54) is 5.15 Å². The minimum Gasteiger partial charge on any atom is -0.0104 e. The van der Waals surface area contributed by atoms with E-state index in [9.17, 15) is 0 Å². The molecule has 0 aliphatic rings. The van der Waals surface area contributed by atoms with Crippen LogP contribution in [0, 0.1) is 0 Å². The molecule has 0 bridgehead atoms. The molecule has 1 nitrogen and oxygen atoms in total. The van der Waals surface area contributed by atoms with Crippen LogP contribution in [0.15, 0.2) is 0 Å². The van der Waals surface area contributed by atoms with Crippen molar-refractivity contribution >= 4 is 17.4 Å². The van der Waals surface area contributed by atoms with E-state index in [1.807, 2.05) is 0 Å². The summed E-state index contributed by atoms with van der Waals surface area (Å²) in [6.45, 7) is 0. The Balaban J connectivity index is -0.0000000200. The van der Waals surface area contributed by atoms with Crippen LogP contribution in [0.25, 0.3) is 0 Å². The molecule has 0 amide bonds. The van der Waals surface area contributed by atoms with Crippen LogP contribution in [-0.2, 0) is 22.2 Å². The maximum absolute atomic E-state index is 9.12. The van der Waals surface area contributed by atoms with E-state index < -0.39 is 0 Å². The molecule has 0 saturated heterocycles. The fourth-order valence-electron chi connectivity index (χ4n) is 0. The Morgan fingerprint density at radius 3 is 1.20 bits per heavy atom. The minimum absolute atomic E-state index is 0. The van der Waals surface area contributed by atoms with E-state index in [0.717, 1.165) is 0 Å². The number of hydrogen-bond acceptors (Lipinski definition) is 1. The van der Waals surface area contributed by atoms with Gasteiger partial charge in [-0.25, -0.2) is 0 Å². The van der Waals surface area contributed by atoms with Crippen molar-refractivity contribution in [3.05, 3.63) is 0 Å². The second kappa shape index (κ2) is 20.8. The van der Waals surface area contributed by atoms with Crippen LogP contribution in [0.5, 0.6) is 0 Å². The van der Waals surface area contributed by atoms with Crippen molar-refractivity contribution in [2.75, 3.05) is 0 Å². The van der Waals surface area contributed by atoms with Gasteiger partial charge in [-0.15, -0.1) is 0 Å². The monoisotopic (exact) mass is 136 g/mol. The van der Waals surface area contributed by atoms with E-state index in [0.29, 0.717) is 0 Å². The molecule has 0 aromatic rings. The molecule has 0 N–H and O–H groups in total. The van der Waals surface area contributed by atoms with Crippen LogP contribution < -0.4 is 0 Å². The molecule has 0 rings (SSSR count). The van der Waals surface area contributed by atoms with Crippen molar-refractivity contribution < 1.29 is 31.3 Å². The van der Waals surface area contributed by atoms with Crippen molar-refractivity contribution in [2.24, 2.45) is 0 Å². The zero-order chi connectivity index (χ0) is 2.71. The smallest absolute Gasteiger partial charge is 0.0104 e. The van der Waals surface area contributed by atoms with Crippen LogP contribution in [0.4, 0.5) is 9.05 Å². The van der Waals surface area contributed by atoms with Crippen molar-refractivity contribution in [1.82, 2.24) is 0 Å². The van der Waals surface area contributed by atoms with E-state index in [2.05, 4.69) is 0 Å². The molecular weight excluding hydrogens is 136 g/mol. The Morgan fingerprint density at radius 1 is 1.20 bits per heavy atom. The van der Waals surface area contributed by atoms with E-state index >= 15 is 0 Å². The summed E-state index contributed by atoms with van der Waals surface area (Å²) >= 11 is 0. The van der Waals surface area contributed by atoms with Crippen LogP contribution in [0.3, 0.4) is 0 Å². The number of hydrogen-bond donors (Lipinski definition) is 0. The Hall–Kier alpha value is 0.872. The van der Waals surface area contributed by atoms with Crippen molar-refractivity contribution in [3.63, 3.8) is 0 Å². The van der Waals surface area contributed by atoms with Gasteiger partial charge < -0.3 is 0 Å². The third kappa shape index (κ3) is 52.9. The van der Waals surface area contributed by atoms with E-state index in [1.54, 1.807) is 0 Å². The summed E-state index contributed by atoms with van der Waals surface area (Å²) in [4.78, 5) is 0. The van der Waals surface area contributed by atoms with Gasteiger partial charge in [0.05, 0.1) is 0 Å². The van der Waals surface area contributed by atoms with E-state index in [4.69, 9.17) is 9.05 Å². The first kappa shape index (κ1) is 16.9. The van der Waals surface area contributed by atoms with Crippen LogP contribution in [-0.4, -0.2) is 17.4 Å². The molecule has 5 heavy (non-hydrogen) atoms. The third-order valence-electron chi connectivity index (χ3n) is 0. The first-order chi connectivity index (χ1) is 1.41. The fourth-order valence-corrected chi connectivity index (χ4v) is 0. The number of halogens is 2. The maximum Gasteiger partial charge on any atom is 0.0209 e. The Kier molecular flexibility index (Phi) is 70.4. The molecular formula is AlF2MnO. The van der Waals surface area contributed by atoms with Crippen LogP contribution in [0.2, 0.25) is 0 Å². The predicted molar refractivity (Wildman–Crippen MR) is 9.05 cm³/mol. The maximum atomic E-state index is 9.12. The van der Waals surface area contributed by atoms with Gasteiger partial charge in [0.15, 0.2) is 0 Å². The standard InChI is InChI=1S/Al.F2O.Mn/c;1-3-2;. The Bertz CT molecular complexity index is 9.61. The molecule has 5 heteroatoms. The molecule has 0 spiro atoms. The molecule has 0 aliphatic carbocycles. The summed E-state index contributed by atoms with van der Waals surface area (Å²) in [5, 5.41) is 1.25. The van der Waals surface area contributed by atoms with Crippen LogP contribution in [0.1, 0.15) is 0 Å². The van der Waals surface area contributed by atoms with Gasteiger partial charge in [0.2, 0.25) is 0 Å². The second-order valence-corrected chi connectivity index (χ2v) is 0.0583. The van der Waals surface area contributed by atoms with Crippen molar-refractivity contribution in [1.29, 1.82) is 0 Å². The van der Waals surface area contributed by atoms with Gasteiger partial charge in [-0.3, -0.25) is 0 Å². The van der Waals surface area contributed by atoms with Crippen molar-refractivity contribution in [3.8, 4) is 0 Å². The normalized spacial score (nSPS) is 3.60. The topological polar surface area (TPSA) is 9.23 Å². The average Bonchev–Trinajstić information content (AvgIpc) is 0.918. The van der Waals surface area contributed by atoms with Gasteiger partial charge in [-0.05, 0) is 9.05 Å². The predicted octanol–water partition coefficient (Wildman–Crippen LogP) is 0.389. The molecule has 0 aromatic heterocycles. The minimum atomic E-state index is 0. The van der Waals surface area contributed by atoms with Gasteiger partial charge in [-0.2, -0.15) is 0 Å². The molecule has 0 unspecified atom stereocenters. The molecule has 0 atom stereocenters. The molecule has 0 aromatic carbocycles. The van der Waals surface area contributed by atoms with Crippen molar-refractivity contribution in [2.45, 2.75) is 0 Å².